The molecule has 0 radical (unpaired) electrons. The summed E-state index contributed by atoms with van der Waals surface area (Å²) in [5.41, 5.74) is 0.610. The second-order valence-electron chi connectivity index (χ2n) is 4.47. The Morgan fingerprint density at radius 2 is 2.06 bits per heavy atom. The van der Waals surface area contributed by atoms with E-state index in [9.17, 15) is 4.79 Å². The van der Waals surface area contributed by atoms with Crippen molar-refractivity contribution in [2.45, 2.75) is 18.9 Å². The van der Waals surface area contributed by atoms with Gasteiger partial charge in [-0.2, -0.15) is 0 Å². The lowest BCUT2D eigenvalue weighted by molar-refractivity contribution is 0.0952. The maximum atomic E-state index is 12.1. The van der Waals surface area contributed by atoms with Crippen LogP contribution in [0.5, 0.6) is 5.88 Å². The van der Waals surface area contributed by atoms with Crippen LogP contribution in [-0.4, -0.2) is 24.0 Å². The van der Waals surface area contributed by atoms with E-state index >= 15 is 0 Å². The van der Waals surface area contributed by atoms with Crippen LogP contribution in [0.3, 0.4) is 0 Å². The smallest absolute Gasteiger partial charge is 0.253 e. The third-order valence-corrected chi connectivity index (χ3v) is 3.11. The molecule has 1 aliphatic carbocycles. The minimum Gasteiger partial charge on any atom is -0.481 e. The average molecular weight is 242 g/mol. The lowest BCUT2D eigenvalue weighted by Crippen LogP contribution is -2.25. The molecule has 18 heavy (non-hydrogen) atoms. The van der Waals surface area contributed by atoms with Crippen LogP contribution >= 0.6 is 0 Å². The minimum atomic E-state index is -0.0520. The Labute approximate surface area is 105 Å². The molecule has 0 unspecified atom stereocenters. The number of hydrogen-bond donors (Lipinski definition) is 1. The first-order chi connectivity index (χ1) is 8.79. The maximum Gasteiger partial charge on any atom is 0.253 e. The van der Waals surface area contributed by atoms with E-state index in [1.165, 1.54) is 0 Å². The molecule has 1 aromatic heterocycles. The number of nitrogens with zero attached hydrogens (tertiary/aromatic N) is 1. The molecule has 1 heterocycles. The number of fused-ring (bicyclic) bond motifs is 1. The summed E-state index contributed by atoms with van der Waals surface area (Å²) < 4.78 is 5.21. The van der Waals surface area contributed by atoms with E-state index in [0.29, 0.717) is 17.5 Å². The Bertz CT molecular complexity index is 606. The SMILES string of the molecule is COc1ncc(C(=O)NC2CC2)c2ccccc12. The van der Waals surface area contributed by atoms with Crippen molar-refractivity contribution >= 4 is 16.7 Å². The summed E-state index contributed by atoms with van der Waals surface area (Å²) in [6.07, 6.45) is 3.74. The topological polar surface area (TPSA) is 51.2 Å². The van der Waals surface area contributed by atoms with Crippen LogP contribution in [0.4, 0.5) is 0 Å². The summed E-state index contributed by atoms with van der Waals surface area (Å²) in [5.74, 6) is 0.498. The molecule has 1 saturated carbocycles. The van der Waals surface area contributed by atoms with E-state index in [4.69, 9.17) is 4.74 Å². The molecule has 0 aliphatic heterocycles. The number of benzene rings is 1. The largest absolute Gasteiger partial charge is 0.481 e. The summed E-state index contributed by atoms with van der Waals surface area (Å²) in [7, 11) is 1.58. The van der Waals surface area contributed by atoms with Gasteiger partial charge in [-0.25, -0.2) is 4.98 Å². The van der Waals surface area contributed by atoms with Crippen molar-refractivity contribution in [3.63, 3.8) is 0 Å². The number of rotatable bonds is 3. The van der Waals surface area contributed by atoms with E-state index < -0.39 is 0 Å². The van der Waals surface area contributed by atoms with Gasteiger partial charge in [-0.3, -0.25) is 4.79 Å². The van der Waals surface area contributed by atoms with Gasteiger partial charge < -0.3 is 10.1 Å². The third-order valence-electron chi connectivity index (χ3n) is 3.11. The quantitative estimate of drug-likeness (QED) is 0.897. The number of carbonyl (C=O) groups is 1. The summed E-state index contributed by atoms with van der Waals surface area (Å²) in [6, 6.07) is 8.00. The molecule has 0 spiro atoms. The van der Waals surface area contributed by atoms with Gasteiger partial charge in [-0.1, -0.05) is 18.2 Å². The highest BCUT2D eigenvalue weighted by atomic mass is 16.5. The maximum absolute atomic E-state index is 12.1. The molecule has 1 fully saturated rings. The molecular weight excluding hydrogens is 228 g/mol. The first-order valence-corrected chi connectivity index (χ1v) is 6.02. The number of carbonyl (C=O) groups excluding carboxylic acids is 1. The normalized spacial score (nSPS) is 14.5. The molecule has 1 amide bonds. The molecule has 4 nitrogen and oxygen atoms in total. The van der Waals surface area contributed by atoms with Crippen LogP contribution in [0, 0.1) is 0 Å². The molecule has 1 aliphatic rings. The molecule has 1 N–H and O–H groups in total. The molecule has 1 aromatic carbocycles. The van der Waals surface area contributed by atoms with Crippen LogP contribution in [0.25, 0.3) is 10.8 Å². The van der Waals surface area contributed by atoms with E-state index in [0.717, 1.165) is 23.6 Å². The summed E-state index contributed by atoms with van der Waals surface area (Å²) >= 11 is 0. The lowest BCUT2D eigenvalue weighted by atomic mass is 10.1. The Hall–Kier alpha value is -2.10. The van der Waals surface area contributed by atoms with E-state index in [1.54, 1.807) is 13.3 Å². The monoisotopic (exact) mass is 242 g/mol. The van der Waals surface area contributed by atoms with Crippen LogP contribution in [0.2, 0.25) is 0 Å². The van der Waals surface area contributed by atoms with Crippen molar-refractivity contribution < 1.29 is 9.53 Å². The highest BCUT2D eigenvalue weighted by molar-refractivity contribution is 6.08. The summed E-state index contributed by atoms with van der Waals surface area (Å²) in [4.78, 5) is 16.3. The molecule has 4 heteroatoms. The molecule has 92 valence electrons. The fourth-order valence-corrected chi connectivity index (χ4v) is 2.00. The first kappa shape index (κ1) is 11.0. The zero-order chi connectivity index (χ0) is 12.5. The van der Waals surface area contributed by atoms with Gasteiger partial charge in [-0.05, 0) is 18.9 Å². The molecular formula is C14H14N2O2. The van der Waals surface area contributed by atoms with Crippen molar-refractivity contribution in [2.75, 3.05) is 7.11 Å². The Balaban J connectivity index is 2.08. The predicted octanol–water partition coefficient (Wildman–Crippen LogP) is 2.14. The van der Waals surface area contributed by atoms with Crippen molar-refractivity contribution in [1.29, 1.82) is 0 Å². The average Bonchev–Trinajstić information content (AvgIpc) is 3.21. The second kappa shape index (κ2) is 4.29. The number of amides is 1. The highest BCUT2D eigenvalue weighted by Gasteiger charge is 2.25. The number of nitrogens with one attached hydrogen (secondary N) is 1. The van der Waals surface area contributed by atoms with Gasteiger partial charge in [0, 0.05) is 23.0 Å². The zero-order valence-electron chi connectivity index (χ0n) is 10.1. The number of hydrogen-bond acceptors (Lipinski definition) is 3. The van der Waals surface area contributed by atoms with Gasteiger partial charge in [-0.15, -0.1) is 0 Å². The second-order valence-corrected chi connectivity index (χ2v) is 4.47. The summed E-state index contributed by atoms with van der Waals surface area (Å²) in [6.45, 7) is 0. The van der Waals surface area contributed by atoms with Gasteiger partial charge in [0.25, 0.3) is 5.91 Å². The standard InChI is InChI=1S/C14H14N2O2/c1-18-14-11-5-3-2-4-10(11)12(8-15-14)13(17)16-9-6-7-9/h2-5,8-9H,6-7H2,1H3,(H,16,17). The van der Waals surface area contributed by atoms with E-state index in [2.05, 4.69) is 10.3 Å². The Kier molecular flexibility index (Phi) is 2.63. The van der Waals surface area contributed by atoms with Gasteiger partial charge >= 0.3 is 0 Å². The summed E-state index contributed by atoms with van der Waals surface area (Å²) in [5, 5.41) is 4.72. The number of pyridine rings is 1. The van der Waals surface area contributed by atoms with Crippen molar-refractivity contribution in [3.8, 4) is 5.88 Å². The fourth-order valence-electron chi connectivity index (χ4n) is 2.00. The lowest BCUT2D eigenvalue weighted by Gasteiger charge is -2.09. The van der Waals surface area contributed by atoms with Crippen LogP contribution in [0.1, 0.15) is 23.2 Å². The molecule has 3 rings (SSSR count). The van der Waals surface area contributed by atoms with Gasteiger partial charge in [0.2, 0.25) is 5.88 Å². The van der Waals surface area contributed by atoms with Crippen molar-refractivity contribution in [1.82, 2.24) is 10.3 Å². The van der Waals surface area contributed by atoms with Gasteiger partial charge in [0.1, 0.15) is 0 Å². The number of methoxy groups -OCH3 is 1. The van der Waals surface area contributed by atoms with Gasteiger partial charge in [0.05, 0.1) is 12.7 Å². The third kappa shape index (κ3) is 1.90. The van der Waals surface area contributed by atoms with E-state index in [1.807, 2.05) is 24.3 Å². The van der Waals surface area contributed by atoms with Crippen molar-refractivity contribution in [3.05, 3.63) is 36.0 Å². The first-order valence-electron chi connectivity index (χ1n) is 6.02. The predicted molar refractivity (Wildman–Crippen MR) is 68.8 cm³/mol. The highest BCUT2D eigenvalue weighted by Crippen LogP contribution is 2.26. The van der Waals surface area contributed by atoms with Crippen LogP contribution in [-0.2, 0) is 0 Å². The molecule has 0 saturated heterocycles. The zero-order valence-corrected chi connectivity index (χ0v) is 10.1. The van der Waals surface area contributed by atoms with Crippen molar-refractivity contribution in [2.24, 2.45) is 0 Å². The Morgan fingerprint density at radius 1 is 1.33 bits per heavy atom. The van der Waals surface area contributed by atoms with E-state index in [-0.39, 0.29) is 5.91 Å². The van der Waals surface area contributed by atoms with Crippen LogP contribution < -0.4 is 10.1 Å². The molecule has 0 atom stereocenters. The fraction of sp³-hybridized carbons (Fsp3) is 0.286. The minimum absolute atomic E-state index is 0.0520. The Morgan fingerprint density at radius 3 is 2.72 bits per heavy atom. The molecule has 0 bridgehead atoms. The number of ether oxygens (including phenoxy) is 1. The van der Waals surface area contributed by atoms with Gasteiger partial charge in [0.15, 0.2) is 0 Å². The molecule has 2 aromatic rings. The van der Waals surface area contributed by atoms with Crippen LogP contribution in [0.15, 0.2) is 30.5 Å². The number of aromatic nitrogens is 1.